The maximum atomic E-state index is 13.4. The summed E-state index contributed by atoms with van der Waals surface area (Å²) in [5.41, 5.74) is 9.26. The number of fused-ring (bicyclic) bond motifs is 1. The van der Waals surface area contributed by atoms with Crippen LogP contribution in [0.2, 0.25) is 0 Å². The second kappa shape index (κ2) is 20.6. The Balaban J connectivity index is 1.88. The van der Waals surface area contributed by atoms with E-state index in [0.717, 1.165) is 82.1 Å². The van der Waals surface area contributed by atoms with Crippen LogP contribution in [0, 0.1) is 0 Å². The highest BCUT2D eigenvalue weighted by Crippen LogP contribution is 2.20. The molecule has 2 amide bonds. The Morgan fingerprint density at radius 3 is 2.64 bits per heavy atom. The SMILES string of the molecule is C/C=C/CN=C(N)NCCCCCCCCN1CCCCCCOc2ccccc2CN=C(NOC(C)(C)C)NC1=O. The summed E-state index contributed by atoms with van der Waals surface area (Å²) >= 11 is 0. The van der Waals surface area contributed by atoms with E-state index in [0.29, 0.717) is 44.7 Å². The molecule has 42 heavy (non-hydrogen) atoms. The number of urea groups is 1. The Morgan fingerprint density at radius 2 is 1.86 bits per heavy atom. The summed E-state index contributed by atoms with van der Waals surface area (Å²) in [6.07, 6.45) is 14.6. The molecule has 5 N–H and O–H groups in total. The molecular formula is C32H55N7O3. The maximum absolute atomic E-state index is 13.4. The fourth-order valence-electron chi connectivity index (χ4n) is 4.34. The largest absolute Gasteiger partial charge is 0.493 e. The van der Waals surface area contributed by atoms with Crippen molar-refractivity contribution >= 4 is 18.0 Å². The van der Waals surface area contributed by atoms with Crippen molar-refractivity contribution in [1.82, 2.24) is 21.0 Å². The van der Waals surface area contributed by atoms with Crippen molar-refractivity contribution in [3.63, 3.8) is 0 Å². The number of carbonyl (C=O) groups is 1. The molecule has 2 rings (SSSR count). The number of benzene rings is 1. The number of hydroxylamine groups is 1. The van der Waals surface area contributed by atoms with Crippen LogP contribution in [0.3, 0.4) is 0 Å². The van der Waals surface area contributed by atoms with Crippen LogP contribution in [-0.4, -0.2) is 61.2 Å². The molecule has 0 saturated heterocycles. The zero-order valence-electron chi connectivity index (χ0n) is 26.4. The van der Waals surface area contributed by atoms with E-state index in [-0.39, 0.29) is 6.03 Å². The number of unbranched alkanes of at least 4 members (excludes halogenated alkanes) is 5. The van der Waals surface area contributed by atoms with Gasteiger partial charge in [-0.3, -0.25) is 10.2 Å². The predicted octanol–water partition coefficient (Wildman–Crippen LogP) is 5.65. The van der Waals surface area contributed by atoms with Crippen LogP contribution in [0.1, 0.15) is 97.5 Å². The van der Waals surface area contributed by atoms with E-state index < -0.39 is 5.60 Å². The van der Waals surface area contributed by atoms with Gasteiger partial charge in [-0.15, -0.1) is 0 Å². The van der Waals surface area contributed by atoms with E-state index in [1.54, 1.807) is 0 Å². The highest BCUT2D eigenvalue weighted by molar-refractivity contribution is 5.95. The third kappa shape index (κ3) is 16.2. The highest BCUT2D eigenvalue weighted by atomic mass is 16.7. The Bertz CT molecular complexity index is 989. The average Bonchev–Trinajstić information content (AvgIpc) is 2.96. The molecule has 236 valence electrons. The van der Waals surface area contributed by atoms with Gasteiger partial charge in [0.25, 0.3) is 0 Å². The number of nitrogens with zero attached hydrogens (tertiary/aromatic N) is 3. The van der Waals surface area contributed by atoms with Gasteiger partial charge in [-0.05, 0) is 59.4 Å². The molecule has 0 saturated carbocycles. The van der Waals surface area contributed by atoms with Gasteiger partial charge in [0.05, 0.1) is 25.3 Å². The standard InChI is InChI=1S/C32H55N7O3/c1-5-6-21-34-29(33)35-22-15-9-7-8-10-16-23-39-24-17-11-12-18-25-41-28-20-14-13-19-27(28)26-36-30(37-31(39)40)38-42-32(2,3)4/h5-6,13-14,19-20H,7-12,15-18,21-26H2,1-4H3,(H3,33,34,35)(H2,36,37,38,40)/b6-5+. The second-order valence-electron chi connectivity index (χ2n) is 11.6. The number of aliphatic imine (C=N–C) groups is 2. The van der Waals surface area contributed by atoms with E-state index in [1.165, 1.54) is 0 Å². The number of rotatable bonds is 12. The van der Waals surface area contributed by atoms with Gasteiger partial charge in [-0.1, -0.05) is 68.9 Å². The summed E-state index contributed by atoms with van der Waals surface area (Å²) in [4.78, 5) is 30.0. The summed E-state index contributed by atoms with van der Waals surface area (Å²) in [6, 6.07) is 7.76. The van der Waals surface area contributed by atoms with E-state index in [9.17, 15) is 4.79 Å². The van der Waals surface area contributed by atoms with Gasteiger partial charge in [0, 0.05) is 25.2 Å². The first-order valence-electron chi connectivity index (χ1n) is 15.7. The Kier molecular flexibility index (Phi) is 17.1. The summed E-state index contributed by atoms with van der Waals surface area (Å²) in [6.45, 7) is 11.7. The van der Waals surface area contributed by atoms with Crippen LogP contribution < -0.4 is 26.6 Å². The summed E-state index contributed by atoms with van der Waals surface area (Å²) < 4.78 is 6.06. The van der Waals surface area contributed by atoms with E-state index in [4.69, 9.17) is 15.3 Å². The number of hydrogen-bond acceptors (Lipinski definition) is 6. The predicted molar refractivity (Wildman–Crippen MR) is 173 cm³/mol. The number of nitrogens with two attached hydrogens (primary N) is 1. The first-order valence-corrected chi connectivity index (χ1v) is 15.7. The fraction of sp³-hybridized carbons (Fsp3) is 0.656. The number of guanidine groups is 2. The molecule has 1 aromatic rings. The zero-order valence-corrected chi connectivity index (χ0v) is 26.4. The number of allylic oxidation sites excluding steroid dienone is 1. The highest BCUT2D eigenvalue weighted by Gasteiger charge is 2.18. The molecule has 1 aliphatic rings. The smallest absolute Gasteiger partial charge is 0.324 e. The van der Waals surface area contributed by atoms with Crippen molar-refractivity contribution in [3.05, 3.63) is 42.0 Å². The van der Waals surface area contributed by atoms with Gasteiger partial charge in [-0.25, -0.2) is 20.3 Å². The third-order valence-electron chi connectivity index (χ3n) is 6.69. The van der Waals surface area contributed by atoms with Crippen LogP contribution in [0.15, 0.2) is 46.4 Å². The van der Waals surface area contributed by atoms with Crippen molar-refractivity contribution in [2.75, 3.05) is 32.8 Å². The van der Waals surface area contributed by atoms with Crippen molar-refractivity contribution in [2.45, 2.75) is 104 Å². The lowest BCUT2D eigenvalue weighted by atomic mass is 10.1. The third-order valence-corrected chi connectivity index (χ3v) is 6.69. The van der Waals surface area contributed by atoms with Gasteiger partial charge in [0.15, 0.2) is 5.96 Å². The molecule has 0 aromatic heterocycles. The molecule has 0 fully saturated rings. The molecule has 0 aliphatic carbocycles. The molecule has 10 nitrogen and oxygen atoms in total. The van der Waals surface area contributed by atoms with Crippen LogP contribution >= 0.6 is 0 Å². The molecule has 0 radical (unpaired) electrons. The van der Waals surface area contributed by atoms with E-state index in [1.807, 2.05) is 69.0 Å². The first kappa shape index (κ1) is 34.9. The lowest BCUT2D eigenvalue weighted by Gasteiger charge is -2.25. The molecule has 0 atom stereocenters. The quantitative estimate of drug-likeness (QED) is 0.0826. The van der Waals surface area contributed by atoms with Crippen LogP contribution in [0.5, 0.6) is 5.75 Å². The van der Waals surface area contributed by atoms with E-state index in [2.05, 4.69) is 26.1 Å². The monoisotopic (exact) mass is 585 g/mol. The number of hydrogen-bond donors (Lipinski definition) is 4. The minimum atomic E-state index is -0.451. The number of para-hydroxylation sites is 1. The van der Waals surface area contributed by atoms with Crippen LogP contribution in [-0.2, 0) is 11.4 Å². The molecule has 10 heteroatoms. The van der Waals surface area contributed by atoms with Crippen LogP contribution in [0.25, 0.3) is 0 Å². The van der Waals surface area contributed by atoms with Gasteiger partial charge in [-0.2, -0.15) is 0 Å². The van der Waals surface area contributed by atoms with Crippen LogP contribution in [0.4, 0.5) is 4.79 Å². The summed E-state index contributed by atoms with van der Waals surface area (Å²) in [5, 5.41) is 6.14. The number of nitrogens with one attached hydrogen (secondary N) is 3. The van der Waals surface area contributed by atoms with Gasteiger partial charge in [0.2, 0.25) is 5.96 Å². The molecule has 0 bridgehead atoms. The molecule has 0 spiro atoms. The molecule has 1 heterocycles. The van der Waals surface area contributed by atoms with Gasteiger partial charge >= 0.3 is 6.03 Å². The lowest BCUT2D eigenvalue weighted by Crippen LogP contribution is -2.49. The summed E-state index contributed by atoms with van der Waals surface area (Å²) in [7, 11) is 0. The Labute approximate surface area is 253 Å². The zero-order chi connectivity index (χ0) is 30.5. The molecule has 0 unspecified atom stereocenters. The minimum Gasteiger partial charge on any atom is -0.493 e. The van der Waals surface area contributed by atoms with Gasteiger partial charge in [0.1, 0.15) is 5.75 Å². The number of ether oxygens (including phenoxy) is 1. The number of carbonyl (C=O) groups excluding carboxylic acids is 1. The number of amides is 2. The molecule has 1 aromatic carbocycles. The maximum Gasteiger partial charge on any atom is 0.324 e. The minimum absolute atomic E-state index is 0.155. The van der Waals surface area contributed by atoms with Gasteiger partial charge < -0.3 is 20.7 Å². The normalized spacial score (nSPS) is 16.1. The average molecular weight is 586 g/mol. The van der Waals surface area contributed by atoms with E-state index >= 15 is 0 Å². The fourth-order valence-corrected chi connectivity index (χ4v) is 4.34. The van der Waals surface area contributed by atoms with Crippen molar-refractivity contribution in [2.24, 2.45) is 15.7 Å². The van der Waals surface area contributed by atoms with Crippen molar-refractivity contribution in [3.8, 4) is 5.75 Å². The van der Waals surface area contributed by atoms with Crippen molar-refractivity contribution in [1.29, 1.82) is 0 Å². The Morgan fingerprint density at radius 1 is 1.12 bits per heavy atom. The second-order valence-corrected chi connectivity index (χ2v) is 11.6. The molecular weight excluding hydrogens is 530 g/mol. The Hall–Kier alpha value is -3.27. The summed E-state index contributed by atoms with van der Waals surface area (Å²) in [5.74, 6) is 1.63. The first-order chi connectivity index (χ1) is 20.3. The molecule has 1 aliphatic heterocycles. The van der Waals surface area contributed by atoms with Crippen molar-refractivity contribution < 1.29 is 14.4 Å². The lowest BCUT2D eigenvalue weighted by molar-refractivity contribution is -0.0438. The topological polar surface area (TPSA) is 126 Å².